The number of aromatic nitrogens is 1. The van der Waals surface area contributed by atoms with Gasteiger partial charge in [0.25, 0.3) is 11.8 Å². The number of H-pyrrole nitrogens is 1. The predicted molar refractivity (Wildman–Crippen MR) is 207 cm³/mol. The number of para-hydroxylation sites is 1. The van der Waals surface area contributed by atoms with Crippen molar-refractivity contribution >= 4 is 57.4 Å². The molecule has 0 fully saturated rings. The minimum Gasteiger partial charge on any atom is -0.481 e. The highest BCUT2D eigenvalue weighted by Crippen LogP contribution is 2.29. The molecule has 13 nitrogen and oxygen atoms in total. The lowest BCUT2D eigenvalue weighted by Crippen LogP contribution is -2.60. The fraction of sp³-hybridized carbons (Fsp3) is 0.286. The first-order chi connectivity index (χ1) is 27.3. The number of alkyl halides is 3. The van der Waals surface area contributed by atoms with Gasteiger partial charge in [-0.25, -0.2) is 9.69 Å². The van der Waals surface area contributed by atoms with Crippen molar-refractivity contribution in [3.8, 4) is 0 Å². The second-order valence-electron chi connectivity index (χ2n) is 14.7. The van der Waals surface area contributed by atoms with Crippen molar-refractivity contribution in [2.45, 2.75) is 76.4 Å². The molecular formula is C42H42F3N5O8. The maximum Gasteiger partial charge on any atom is 0.416 e. The van der Waals surface area contributed by atoms with Crippen molar-refractivity contribution in [1.82, 2.24) is 20.5 Å². The van der Waals surface area contributed by atoms with Gasteiger partial charge in [-0.15, -0.1) is 0 Å². The van der Waals surface area contributed by atoms with Crippen LogP contribution in [0.2, 0.25) is 0 Å². The summed E-state index contributed by atoms with van der Waals surface area (Å²) in [4.78, 5) is 85.0. The van der Waals surface area contributed by atoms with Gasteiger partial charge in [0, 0.05) is 23.5 Å². The SMILES string of the molecule is CC(C)(C)OC(=O)N[C@@H](Cc1c[nH]c2ccccc12)C(=O)N(C(=O)Cc1ccc(C(F)(F)F)cc1)C(=O)[C@H](CC(=O)O)NC(=O)[C@@H](N)Cc1ccc2ccccc2c1. The van der Waals surface area contributed by atoms with Crippen molar-refractivity contribution < 1.29 is 51.8 Å². The van der Waals surface area contributed by atoms with Gasteiger partial charge in [-0.2, -0.15) is 13.2 Å². The van der Waals surface area contributed by atoms with Crippen LogP contribution in [0.15, 0.2) is 97.2 Å². The fourth-order valence-electron chi connectivity index (χ4n) is 6.27. The van der Waals surface area contributed by atoms with Crippen LogP contribution >= 0.6 is 0 Å². The second kappa shape index (κ2) is 17.7. The number of nitrogens with one attached hydrogen (secondary N) is 3. The summed E-state index contributed by atoms with van der Waals surface area (Å²) in [6.45, 7) is 4.70. The van der Waals surface area contributed by atoms with E-state index in [-0.39, 0.29) is 23.3 Å². The summed E-state index contributed by atoms with van der Waals surface area (Å²) >= 11 is 0. The average Bonchev–Trinajstić information content (AvgIpc) is 3.55. The van der Waals surface area contributed by atoms with Crippen molar-refractivity contribution in [2.75, 3.05) is 0 Å². The van der Waals surface area contributed by atoms with Crippen molar-refractivity contribution in [3.05, 3.63) is 119 Å². The minimum atomic E-state index is -4.69. The molecule has 1 heterocycles. The maximum absolute atomic E-state index is 14.6. The quantitative estimate of drug-likeness (QED) is 0.103. The summed E-state index contributed by atoms with van der Waals surface area (Å²) in [5.74, 6) is -6.66. The van der Waals surface area contributed by atoms with E-state index < -0.39 is 84.0 Å². The van der Waals surface area contributed by atoms with Crippen LogP contribution in [0, 0.1) is 0 Å². The van der Waals surface area contributed by atoms with E-state index in [0.29, 0.717) is 34.2 Å². The summed E-state index contributed by atoms with van der Waals surface area (Å²) in [7, 11) is 0. The van der Waals surface area contributed by atoms with E-state index >= 15 is 0 Å². The van der Waals surface area contributed by atoms with E-state index in [2.05, 4.69) is 15.6 Å². The van der Waals surface area contributed by atoms with Crippen LogP contribution in [0.5, 0.6) is 0 Å². The third-order valence-corrected chi connectivity index (χ3v) is 9.01. The highest BCUT2D eigenvalue weighted by atomic mass is 19.4. The summed E-state index contributed by atoms with van der Waals surface area (Å²) in [6.07, 6.45) is -6.49. The summed E-state index contributed by atoms with van der Waals surface area (Å²) in [5.41, 5.74) is 5.92. The first kappa shape index (κ1) is 42.6. The number of carboxylic acid groups (broad SMARTS) is 1. The number of aliphatic carboxylic acids is 1. The highest BCUT2D eigenvalue weighted by Gasteiger charge is 2.41. The van der Waals surface area contributed by atoms with Crippen LogP contribution in [0.1, 0.15) is 49.4 Å². The Kier molecular flexibility index (Phi) is 13.0. The first-order valence-electron chi connectivity index (χ1n) is 18.2. The number of amides is 5. The Bertz CT molecular complexity index is 2340. The van der Waals surface area contributed by atoms with Gasteiger partial charge in [-0.1, -0.05) is 72.8 Å². The number of alkyl carbamates (subject to hydrolysis) is 1. The largest absolute Gasteiger partial charge is 0.481 e. The normalized spacial score (nSPS) is 13.3. The molecule has 5 amide bonds. The zero-order chi connectivity index (χ0) is 42.4. The highest BCUT2D eigenvalue weighted by molar-refractivity contribution is 6.15. The van der Waals surface area contributed by atoms with Gasteiger partial charge in [0.2, 0.25) is 11.8 Å². The van der Waals surface area contributed by atoms with Crippen LogP contribution in [-0.4, -0.2) is 74.4 Å². The van der Waals surface area contributed by atoms with Gasteiger partial charge >= 0.3 is 18.2 Å². The molecule has 1 aromatic heterocycles. The molecule has 0 unspecified atom stereocenters. The van der Waals surface area contributed by atoms with E-state index in [4.69, 9.17) is 10.5 Å². The number of carbonyl (C=O) groups excluding carboxylic acids is 5. The molecule has 0 aliphatic heterocycles. The molecule has 304 valence electrons. The van der Waals surface area contributed by atoms with E-state index in [1.807, 2.05) is 36.4 Å². The standard InChI is InChI=1S/C42H42F3N5O8/c1-41(2,3)58-40(57)49-33(21-28-23-47-32-11-7-6-10-30(28)32)38(55)50(35(51)20-24-13-16-29(17-14-24)42(43,44)45)39(56)34(22-36(52)53)48-37(54)31(46)19-25-12-15-26-8-4-5-9-27(26)18-25/h4-18,23,31,33-34,47H,19-22,46H2,1-3H3,(H,48,54)(H,49,57)(H,52,53)/t31-,33-,34-/m0/s1. The third kappa shape index (κ3) is 11.1. The number of aromatic amines is 1. The molecule has 4 aromatic carbocycles. The smallest absolute Gasteiger partial charge is 0.416 e. The van der Waals surface area contributed by atoms with Crippen LogP contribution in [0.4, 0.5) is 18.0 Å². The molecule has 0 spiro atoms. The number of carboxylic acids is 1. The number of nitrogens with two attached hydrogens (primary N) is 1. The molecule has 0 bridgehead atoms. The maximum atomic E-state index is 14.6. The van der Waals surface area contributed by atoms with Gasteiger partial charge in [0.15, 0.2) is 0 Å². The molecule has 0 aliphatic rings. The molecule has 0 radical (unpaired) electrons. The first-order valence-corrected chi connectivity index (χ1v) is 18.2. The van der Waals surface area contributed by atoms with Gasteiger partial charge < -0.3 is 31.2 Å². The van der Waals surface area contributed by atoms with Crippen LogP contribution in [-0.2, 0) is 54.1 Å². The molecule has 0 aliphatic carbocycles. The lowest BCUT2D eigenvalue weighted by Gasteiger charge is -2.29. The van der Waals surface area contributed by atoms with E-state index in [1.54, 1.807) is 57.3 Å². The molecule has 6 N–H and O–H groups in total. The molecule has 5 rings (SSSR count). The van der Waals surface area contributed by atoms with Crippen molar-refractivity contribution in [2.24, 2.45) is 5.73 Å². The molecule has 5 aromatic rings. The number of hydrogen-bond acceptors (Lipinski definition) is 8. The Hall–Kier alpha value is -6.55. The number of benzene rings is 4. The van der Waals surface area contributed by atoms with E-state index in [0.717, 1.165) is 22.9 Å². The Balaban J connectivity index is 1.49. The number of fused-ring (bicyclic) bond motifs is 2. The topological polar surface area (TPSA) is 201 Å². The van der Waals surface area contributed by atoms with Crippen molar-refractivity contribution in [1.29, 1.82) is 0 Å². The Morgan fingerprint density at radius 3 is 2.07 bits per heavy atom. The third-order valence-electron chi connectivity index (χ3n) is 9.01. The number of imide groups is 3. The number of hydrogen-bond donors (Lipinski definition) is 5. The van der Waals surface area contributed by atoms with Gasteiger partial charge in [0.1, 0.15) is 17.7 Å². The monoisotopic (exact) mass is 801 g/mol. The molecular weight excluding hydrogens is 759 g/mol. The molecule has 0 saturated heterocycles. The number of carbonyl (C=O) groups is 6. The van der Waals surface area contributed by atoms with Gasteiger partial charge in [-0.05, 0) is 72.9 Å². The van der Waals surface area contributed by atoms with E-state index in [9.17, 15) is 47.0 Å². The Labute approximate surface area is 330 Å². The lowest BCUT2D eigenvalue weighted by atomic mass is 10.0. The van der Waals surface area contributed by atoms with Crippen LogP contribution in [0.3, 0.4) is 0 Å². The molecule has 0 saturated carbocycles. The van der Waals surface area contributed by atoms with E-state index in [1.165, 1.54) is 0 Å². The number of halogens is 3. The fourth-order valence-corrected chi connectivity index (χ4v) is 6.27. The molecule has 3 atom stereocenters. The predicted octanol–water partition coefficient (Wildman–Crippen LogP) is 5.43. The number of ether oxygens (including phenoxy) is 1. The van der Waals surface area contributed by atoms with Crippen LogP contribution < -0.4 is 16.4 Å². The Morgan fingerprint density at radius 2 is 1.41 bits per heavy atom. The summed E-state index contributed by atoms with van der Waals surface area (Å²) in [5, 5.41) is 17.0. The summed E-state index contributed by atoms with van der Waals surface area (Å²) in [6, 6.07) is 18.2. The molecule has 58 heavy (non-hydrogen) atoms. The van der Waals surface area contributed by atoms with Crippen molar-refractivity contribution in [3.63, 3.8) is 0 Å². The average molecular weight is 802 g/mol. The lowest BCUT2D eigenvalue weighted by molar-refractivity contribution is -0.158. The second-order valence-corrected chi connectivity index (χ2v) is 14.7. The summed E-state index contributed by atoms with van der Waals surface area (Å²) < 4.78 is 45.3. The Morgan fingerprint density at radius 1 is 0.793 bits per heavy atom. The van der Waals surface area contributed by atoms with Gasteiger partial charge in [0.05, 0.1) is 24.4 Å². The minimum absolute atomic E-state index is 0.0342. The number of rotatable bonds is 13. The zero-order valence-corrected chi connectivity index (χ0v) is 31.8. The molecule has 16 heteroatoms. The number of nitrogens with zero attached hydrogens (tertiary/aromatic N) is 1. The zero-order valence-electron chi connectivity index (χ0n) is 31.8. The van der Waals surface area contributed by atoms with Crippen LogP contribution in [0.25, 0.3) is 21.7 Å². The van der Waals surface area contributed by atoms with Gasteiger partial charge in [-0.3, -0.25) is 24.0 Å².